The predicted octanol–water partition coefficient (Wildman–Crippen LogP) is 4.52. The summed E-state index contributed by atoms with van der Waals surface area (Å²) in [4.78, 5) is 17.8. The van der Waals surface area contributed by atoms with Crippen molar-refractivity contribution in [3.8, 4) is 11.1 Å². The standard InChI is InChI=1S/C21H22N4O/c1-15(26)23-18-7-4-6-16(12-18)17-10-11-21(22-14-17)24-19-8-5-9-20(13-19)25(2)3/h4-14H,1-3H3,(H,22,24)(H,23,26). The Morgan fingerprint density at radius 3 is 2.38 bits per heavy atom. The van der Waals surface area contributed by atoms with E-state index in [-0.39, 0.29) is 5.91 Å². The van der Waals surface area contributed by atoms with Crippen LogP contribution in [0.1, 0.15) is 6.92 Å². The number of benzene rings is 2. The number of amides is 1. The molecule has 0 fully saturated rings. The number of aromatic nitrogens is 1. The Morgan fingerprint density at radius 2 is 1.69 bits per heavy atom. The fourth-order valence-electron chi connectivity index (χ4n) is 2.63. The van der Waals surface area contributed by atoms with Crippen LogP contribution in [0.15, 0.2) is 66.9 Å². The molecule has 26 heavy (non-hydrogen) atoms. The summed E-state index contributed by atoms with van der Waals surface area (Å²) in [7, 11) is 4.03. The molecule has 5 heteroatoms. The van der Waals surface area contributed by atoms with Gasteiger partial charge in [0.2, 0.25) is 5.91 Å². The summed E-state index contributed by atoms with van der Waals surface area (Å²) >= 11 is 0. The molecule has 0 saturated carbocycles. The Bertz CT molecular complexity index is 904. The van der Waals surface area contributed by atoms with Gasteiger partial charge in [0.1, 0.15) is 5.82 Å². The fourth-order valence-corrected chi connectivity index (χ4v) is 2.63. The zero-order valence-electron chi connectivity index (χ0n) is 15.2. The van der Waals surface area contributed by atoms with Gasteiger partial charge in [-0.1, -0.05) is 18.2 Å². The molecule has 0 spiro atoms. The third kappa shape index (κ3) is 4.39. The lowest BCUT2D eigenvalue weighted by Crippen LogP contribution is -2.08. The first kappa shape index (κ1) is 17.5. The quantitative estimate of drug-likeness (QED) is 0.713. The Kier molecular flexibility index (Phi) is 5.17. The first-order chi connectivity index (χ1) is 12.5. The van der Waals surface area contributed by atoms with Gasteiger partial charge in [0, 0.05) is 49.8 Å². The number of pyridine rings is 1. The molecule has 3 aromatic rings. The number of hydrogen-bond acceptors (Lipinski definition) is 4. The van der Waals surface area contributed by atoms with Crippen molar-refractivity contribution in [1.29, 1.82) is 0 Å². The highest BCUT2D eigenvalue weighted by Crippen LogP contribution is 2.25. The van der Waals surface area contributed by atoms with Gasteiger partial charge >= 0.3 is 0 Å². The smallest absolute Gasteiger partial charge is 0.221 e. The van der Waals surface area contributed by atoms with Crippen LogP contribution in [0.25, 0.3) is 11.1 Å². The maximum Gasteiger partial charge on any atom is 0.221 e. The third-order valence-electron chi connectivity index (χ3n) is 3.91. The van der Waals surface area contributed by atoms with Crippen molar-refractivity contribution >= 4 is 28.8 Å². The summed E-state index contributed by atoms with van der Waals surface area (Å²) in [5.74, 6) is 0.697. The molecule has 1 aromatic heterocycles. The number of anilines is 4. The summed E-state index contributed by atoms with van der Waals surface area (Å²) in [6.45, 7) is 1.50. The van der Waals surface area contributed by atoms with Crippen LogP contribution in [0.4, 0.5) is 22.9 Å². The van der Waals surface area contributed by atoms with E-state index in [2.05, 4.69) is 32.7 Å². The molecule has 2 aromatic carbocycles. The topological polar surface area (TPSA) is 57.3 Å². The third-order valence-corrected chi connectivity index (χ3v) is 3.91. The lowest BCUT2D eigenvalue weighted by Gasteiger charge is -2.14. The minimum absolute atomic E-state index is 0.0835. The second-order valence-corrected chi connectivity index (χ2v) is 6.26. The van der Waals surface area contributed by atoms with Crippen molar-refractivity contribution in [3.63, 3.8) is 0 Å². The van der Waals surface area contributed by atoms with Crippen LogP contribution in [0.2, 0.25) is 0 Å². The molecule has 0 bridgehead atoms. The average molecular weight is 346 g/mol. The first-order valence-electron chi connectivity index (χ1n) is 8.40. The van der Waals surface area contributed by atoms with E-state index in [1.165, 1.54) is 6.92 Å². The van der Waals surface area contributed by atoms with Crippen molar-refractivity contribution < 1.29 is 4.79 Å². The molecule has 5 nitrogen and oxygen atoms in total. The summed E-state index contributed by atoms with van der Waals surface area (Å²) in [6, 6.07) is 19.8. The molecule has 0 radical (unpaired) electrons. The predicted molar refractivity (Wildman–Crippen MR) is 108 cm³/mol. The van der Waals surface area contributed by atoms with Crippen molar-refractivity contribution in [2.45, 2.75) is 6.92 Å². The van der Waals surface area contributed by atoms with Crippen LogP contribution in [-0.2, 0) is 4.79 Å². The normalized spacial score (nSPS) is 10.3. The van der Waals surface area contributed by atoms with Crippen molar-refractivity contribution in [3.05, 3.63) is 66.9 Å². The van der Waals surface area contributed by atoms with Gasteiger partial charge in [-0.15, -0.1) is 0 Å². The van der Waals surface area contributed by atoms with Crippen LogP contribution in [0.3, 0.4) is 0 Å². The Labute approximate surface area is 153 Å². The van der Waals surface area contributed by atoms with E-state index < -0.39 is 0 Å². The summed E-state index contributed by atoms with van der Waals surface area (Å²) < 4.78 is 0. The van der Waals surface area contributed by atoms with Gasteiger partial charge in [-0.05, 0) is 48.0 Å². The highest BCUT2D eigenvalue weighted by molar-refractivity contribution is 5.89. The van der Waals surface area contributed by atoms with E-state index in [1.54, 1.807) is 0 Å². The number of carbonyl (C=O) groups is 1. The number of nitrogens with zero attached hydrogens (tertiary/aromatic N) is 2. The van der Waals surface area contributed by atoms with Gasteiger partial charge in [-0.3, -0.25) is 4.79 Å². The van der Waals surface area contributed by atoms with E-state index in [9.17, 15) is 4.79 Å². The average Bonchev–Trinajstić information content (AvgIpc) is 2.62. The van der Waals surface area contributed by atoms with Crippen LogP contribution >= 0.6 is 0 Å². The highest BCUT2D eigenvalue weighted by Gasteiger charge is 2.03. The van der Waals surface area contributed by atoms with Gasteiger partial charge in [0.15, 0.2) is 0 Å². The van der Waals surface area contributed by atoms with Gasteiger partial charge in [-0.25, -0.2) is 4.98 Å². The maximum absolute atomic E-state index is 11.2. The number of nitrogens with one attached hydrogen (secondary N) is 2. The highest BCUT2D eigenvalue weighted by atomic mass is 16.1. The fraction of sp³-hybridized carbons (Fsp3) is 0.143. The minimum Gasteiger partial charge on any atom is -0.378 e. The zero-order chi connectivity index (χ0) is 18.5. The molecule has 132 valence electrons. The molecule has 0 atom stereocenters. The molecule has 3 rings (SSSR count). The monoisotopic (exact) mass is 346 g/mol. The Balaban J connectivity index is 1.76. The Morgan fingerprint density at radius 1 is 0.923 bits per heavy atom. The summed E-state index contributed by atoms with van der Waals surface area (Å²) in [5.41, 5.74) is 4.89. The first-order valence-corrected chi connectivity index (χ1v) is 8.40. The maximum atomic E-state index is 11.2. The van der Waals surface area contributed by atoms with E-state index in [1.807, 2.05) is 68.8 Å². The summed E-state index contributed by atoms with van der Waals surface area (Å²) in [5, 5.41) is 6.12. The molecule has 0 unspecified atom stereocenters. The molecule has 0 aliphatic heterocycles. The number of rotatable bonds is 5. The van der Waals surface area contributed by atoms with Crippen LogP contribution in [0.5, 0.6) is 0 Å². The van der Waals surface area contributed by atoms with Crippen LogP contribution in [-0.4, -0.2) is 25.0 Å². The molecule has 2 N–H and O–H groups in total. The molecular weight excluding hydrogens is 324 g/mol. The van der Waals surface area contributed by atoms with E-state index in [4.69, 9.17) is 0 Å². The van der Waals surface area contributed by atoms with E-state index >= 15 is 0 Å². The van der Waals surface area contributed by atoms with E-state index in [0.717, 1.165) is 34.0 Å². The SMILES string of the molecule is CC(=O)Nc1cccc(-c2ccc(Nc3cccc(N(C)C)c3)nc2)c1. The zero-order valence-corrected chi connectivity index (χ0v) is 15.2. The molecule has 0 saturated heterocycles. The Hall–Kier alpha value is -3.34. The van der Waals surface area contributed by atoms with Gasteiger partial charge in [0.05, 0.1) is 0 Å². The minimum atomic E-state index is -0.0835. The van der Waals surface area contributed by atoms with E-state index in [0.29, 0.717) is 0 Å². The van der Waals surface area contributed by atoms with Gasteiger partial charge < -0.3 is 15.5 Å². The second kappa shape index (κ2) is 7.70. The van der Waals surface area contributed by atoms with Gasteiger partial charge in [0.25, 0.3) is 0 Å². The number of hydrogen-bond donors (Lipinski definition) is 2. The molecule has 1 amide bonds. The van der Waals surface area contributed by atoms with Crippen molar-refractivity contribution in [1.82, 2.24) is 4.98 Å². The van der Waals surface area contributed by atoms with Crippen molar-refractivity contribution in [2.75, 3.05) is 29.6 Å². The molecule has 0 aliphatic carbocycles. The lowest BCUT2D eigenvalue weighted by atomic mass is 10.1. The largest absolute Gasteiger partial charge is 0.378 e. The number of carbonyl (C=O) groups excluding carboxylic acids is 1. The van der Waals surface area contributed by atoms with Crippen LogP contribution in [0, 0.1) is 0 Å². The molecular formula is C21H22N4O. The van der Waals surface area contributed by atoms with Crippen molar-refractivity contribution in [2.24, 2.45) is 0 Å². The molecule has 1 heterocycles. The van der Waals surface area contributed by atoms with Crippen LogP contribution < -0.4 is 15.5 Å². The summed E-state index contributed by atoms with van der Waals surface area (Å²) in [6.07, 6.45) is 1.82. The lowest BCUT2D eigenvalue weighted by molar-refractivity contribution is -0.114. The molecule has 0 aliphatic rings. The van der Waals surface area contributed by atoms with Gasteiger partial charge in [-0.2, -0.15) is 0 Å². The second-order valence-electron chi connectivity index (χ2n) is 6.26.